The SMILES string of the molecule is Cc1cc(C)c(NC(=O)C2(C(=O)NCCC3=CCCCC3)CC2)c(C)c1. The molecule has 2 aliphatic carbocycles. The molecule has 0 aromatic heterocycles. The predicted octanol–water partition coefficient (Wildman–Crippen LogP) is 4.34. The van der Waals surface area contributed by atoms with Crippen molar-refractivity contribution in [1.82, 2.24) is 5.32 Å². The van der Waals surface area contributed by atoms with Crippen LogP contribution in [0, 0.1) is 26.2 Å². The van der Waals surface area contributed by atoms with Gasteiger partial charge in [0.25, 0.3) is 0 Å². The Morgan fingerprint density at radius 2 is 1.73 bits per heavy atom. The highest BCUT2D eigenvalue weighted by atomic mass is 16.2. The molecule has 0 saturated heterocycles. The highest BCUT2D eigenvalue weighted by molar-refractivity contribution is 6.13. The second-order valence-electron chi connectivity index (χ2n) is 7.92. The zero-order chi connectivity index (χ0) is 18.7. The van der Waals surface area contributed by atoms with Gasteiger partial charge in [0.2, 0.25) is 11.8 Å². The third-order valence-corrected chi connectivity index (χ3v) is 5.65. The van der Waals surface area contributed by atoms with E-state index in [9.17, 15) is 9.59 Å². The van der Waals surface area contributed by atoms with Gasteiger partial charge >= 0.3 is 0 Å². The number of carbonyl (C=O) groups is 2. The molecule has 0 bridgehead atoms. The fourth-order valence-corrected chi connectivity index (χ4v) is 3.93. The predicted molar refractivity (Wildman–Crippen MR) is 105 cm³/mol. The van der Waals surface area contributed by atoms with Gasteiger partial charge in [-0.3, -0.25) is 9.59 Å². The highest BCUT2D eigenvalue weighted by Gasteiger charge is 2.56. The molecule has 3 rings (SSSR count). The van der Waals surface area contributed by atoms with Crippen molar-refractivity contribution in [2.45, 2.75) is 65.7 Å². The van der Waals surface area contributed by atoms with E-state index in [1.54, 1.807) is 0 Å². The minimum atomic E-state index is -0.870. The monoisotopic (exact) mass is 354 g/mol. The summed E-state index contributed by atoms with van der Waals surface area (Å²) in [6.45, 7) is 6.66. The molecule has 0 aliphatic heterocycles. The van der Waals surface area contributed by atoms with E-state index < -0.39 is 5.41 Å². The Balaban J connectivity index is 1.58. The van der Waals surface area contributed by atoms with Crippen LogP contribution < -0.4 is 10.6 Å². The number of benzene rings is 1. The zero-order valence-corrected chi connectivity index (χ0v) is 16.2. The lowest BCUT2D eigenvalue weighted by Gasteiger charge is -2.19. The van der Waals surface area contributed by atoms with Gasteiger partial charge in [-0.15, -0.1) is 0 Å². The summed E-state index contributed by atoms with van der Waals surface area (Å²) in [6.07, 6.45) is 9.31. The molecular formula is C22H30N2O2. The molecule has 0 heterocycles. The number of aryl methyl sites for hydroxylation is 3. The van der Waals surface area contributed by atoms with Crippen LogP contribution in [0.15, 0.2) is 23.8 Å². The molecule has 140 valence electrons. The van der Waals surface area contributed by atoms with Crippen molar-refractivity contribution in [3.8, 4) is 0 Å². The van der Waals surface area contributed by atoms with Gasteiger partial charge in [0.1, 0.15) is 5.41 Å². The van der Waals surface area contributed by atoms with E-state index in [1.165, 1.54) is 24.0 Å². The van der Waals surface area contributed by atoms with Crippen LogP contribution in [0.4, 0.5) is 5.69 Å². The zero-order valence-electron chi connectivity index (χ0n) is 16.2. The number of hydrogen-bond donors (Lipinski definition) is 2. The number of carbonyl (C=O) groups excluding carboxylic acids is 2. The van der Waals surface area contributed by atoms with E-state index in [2.05, 4.69) is 28.8 Å². The summed E-state index contributed by atoms with van der Waals surface area (Å²) in [5, 5.41) is 6.02. The molecule has 1 aromatic rings. The van der Waals surface area contributed by atoms with E-state index in [0.29, 0.717) is 19.4 Å². The molecule has 4 nitrogen and oxygen atoms in total. The quantitative estimate of drug-likeness (QED) is 0.590. The number of rotatable bonds is 6. The van der Waals surface area contributed by atoms with Crippen LogP contribution in [0.5, 0.6) is 0 Å². The Morgan fingerprint density at radius 1 is 1.04 bits per heavy atom. The minimum absolute atomic E-state index is 0.117. The van der Waals surface area contributed by atoms with Crippen LogP contribution in [0.3, 0.4) is 0 Å². The number of nitrogens with one attached hydrogen (secondary N) is 2. The van der Waals surface area contributed by atoms with Gasteiger partial charge in [-0.1, -0.05) is 29.3 Å². The van der Waals surface area contributed by atoms with Crippen molar-refractivity contribution in [3.63, 3.8) is 0 Å². The van der Waals surface area contributed by atoms with Gasteiger partial charge in [0.05, 0.1) is 0 Å². The Hall–Kier alpha value is -2.10. The number of amides is 2. The van der Waals surface area contributed by atoms with E-state index in [4.69, 9.17) is 0 Å². The van der Waals surface area contributed by atoms with Gasteiger partial charge < -0.3 is 10.6 Å². The fraction of sp³-hybridized carbons (Fsp3) is 0.545. The molecule has 2 amide bonds. The molecule has 2 aliphatic rings. The Bertz CT molecular complexity index is 722. The van der Waals surface area contributed by atoms with E-state index in [-0.39, 0.29) is 11.8 Å². The number of hydrogen-bond acceptors (Lipinski definition) is 2. The van der Waals surface area contributed by atoms with Gasteiger partial charge in [0, 0.05) is 12.2 Å². The van der Waals surface area contributed by atoms with Crippen molar-refractivity contribution < 1.29 is 9.59 Å². The first-order valence-electron chi connectivity index (χ1n) is 9.78. The van der Waals surface area contributed by atoms with Crippen molar-refractivity contribution in [2.24, 2.45) is 5.41 Å². The molecule has 1 saturated carbocycles. The Morgan fingerprint density at radius 3 is 2.31 bits per heavy atom. The average molecular weight is 354 g/mol. The summed E-state index contributed by atoms with van der Waals surface area (Å²) in [4.78, 5) is 25.4. The topological polar surface area (TPSA) is 58.2 Å². The second kappa shape index (κ2) is 7.65. The second-order valence-corrected chi connectivity index (χ2v) is 7.92. The number of allylic oxidation sites excluding steroid dienone is 1. The summed E-state index contributed by atoms with van der Waals surface area (Å²) in [6, 6.07) is 4.11. The van der Waals surface area contributed by atoms with Crippen LogP contribution >= 0.6 is 0 Å². The van der Waals surface area contributed by atoms with Crippen LogP contribution in [-0.4, -0.2) is 18.4 Å². The lowest BCUT2D eigenvalue weighted by molar-refractivity contribution is -0.134. The normalized spacial score (nSPS) is 18.0. The van der Waals surface area contributed by atoms with Crippen molar-refractivity contribution >= 4 is 17.5 Å². The van der Waals surface area contributed by atoms with Crippen LogP contribution in [-0.2, 0) is 9.59 Å². The minimum Gasteiger partial charge on any atom is -0.355 e. The molecule has 4 heteroatoms. The van der Waals surface area contributed by atoms with Crippen molar-refractivity contribution in [2.75, 3.05) is 11.9 Å². The van der Waals surface area contributed by atoms with Gasteiger partial charge in [-0.2, -0.15) is 0 Å². The lowest BCUT2D eigenvalue weighted by Crippen LogP contribution is -2.40. The fourth-order valence-electron chi connectivity index (χ4n) is 3.93. The first-order valence-corrected chi connectivity index (χ1v) is 9.78. The van der Waals surface area contributed by atoms with Crippen LogP contribution in [0.1, 0.15) is 61.6 Å². The van der Waals surface area contributed by atoms with Gasteiger partial charge in [-0.25, -0.2) is 0 Å². The molecular weight excluding hydrogens is 324 g/mol. The number of anilines is 1. The molecule has 0 atom stereocenters. The first-order chi connectivity index (χ1) is 12.4. The molecule has 1 fully saturated rings. The maximum Gasteiger partial charge on any atom is 0.240 e. The first kappa shape index (κ1) is 18.7. The van der Waals surface area contributed by atoms with Crippen LogP contribution in [0.2, 0.25) is 0 Å². The summed E-state index contributed by atoms with van der Waals surface area (Å²) < 4.78 is 0. The average Bonchev–Trinajstić information content (AvgIpc) is 3.41. The van der Waals surface area contributed by atoms with Gasteiger partial charge in [-0.05, 0) is 76.8 Å². The third-order valence-electron chi connectivity index (χ3n) is 5.65. The largest absolute Gasteiger partial charge is 0.355 e. The summed E-state index contributed by atoms with van der Waals surface area (Å²) in [5.41, 5.74) is 4.66. The molecule has 1 aromatic carbocycles. The standard InChI is InChI=1S/C22H30N2O2/c1-15-13-16(2)19(17(3)14-15)24-21(26)22(10-11-22)20(25)23-12-9-18-7-5-4-6-8-18/h7,13-14H,4-6,8-12H2,1-3H3,(H,23,25)(H,24,26). The Labute approximate surface area is 156 Å². The van der Waals surface area contributed by atoms with Gasteiger partial charge in [0.15, 0.2) is 0 Å². The molecule has 26 heavy (non-hydrogen) atoms. The third kappa shape index (κ3) is 4.00. The van der Waals surface area contributed by atoms with E-state index >= 15 is 0 Å². The van der Waals surface area contributed by atoms with E-state index in [0.717, 1.165) is 36.1 Å². The highest BCUT2D eigenvalue weighted by Crippen LogP contribution is 2.47. The smallest absolute Gasteiger partial charge is 0.240 e. The summed E-state index contributed by atoms with van der Waals surface area (Å²) >= 11 is 0. The van der Waals surface area contributed by atoms with Crippen LogP contribution in [0.25, 0.3) is 0 Å². The van der Waals surface area contributed by atoms with Crippen molar-refractivity contribution in [1.29, 1.82) is 0 Å². The molecule has 0 spiro atoms. The lowest BCUT2D eigenvalue weighted by atomic mass is 9.97. The summed E-state index contributed by atoms with van der Waals surface area (Å²) in [5.74, 6) is -0.282. The molecule has 0 unspecified atom stereocenters. The maximum atomic E-state index is 12.8. The summed E-state index contributed by atoms with van der Waals surface area (Å²) in [7, 11) is 0. The van der Waals surface area contributed by atoms with Crippen molar-refractivity contribution in [3.05, 3.63) is 40.5 Å². The maximum absolute atomic E-state index is 12.8. The van der Waals surface area contributed by atoms with E-state index in [1.807, 2.05) is 20.8 Å². The molecule has 0 radical (unpaired) electrons. The molecule has 2 N–H and O–H groups in total. The Kier molecular flexibility index (Phi) is 5.49.